The highest BCUT2D eigenvalue weighted by molar-refractivity contribution is 5.89. The van der Waals surface area contributed by atoms with Gasteiger partial charge in [-0.2, -0.15) is 0 Å². The summed E-state index contributed by atoms with van der Waals surface area (Å²) in [5.41, 5.74) is 2.06. The lowest BCUT2D eigenvalue weighted by Crippen LogP contribution is -2.35. The first kappa shape index (κ1) is 16.5. The van der Waals surface area contributed by atoms with Crippen LogP contribution < -0.4 is 10.6 Å². The zero-order chi connectivity index (χ0) is 15.0. The number of carbonyl (C=O) groups excluding carboxylic acids is 1. The van der Waals surface area contributed by atoms with Crippen LogP contribution in [0.5, 0.6) is 0 Å². The van der Waals surface area contributed by atoms with Gasteiger partial charge in [-0.3, -0.25) is 0 Å². The Balaban J connectivity index is 2.60. The molecule has 0 bridgehead atoms. The molecule has 1 rings (SSSR count). The first-order valence-corrected chi connectivity index (χ1v) is 7.45. The SMILES string of the molecule is CCCCN(CC)C(=O)Nc1ccc(C(C)NC)cc1. The standard InChI is InChI=1S/C16H27N3O/c1-5-7-12-19(6-2)16(20)18-15-10-8-14(9-11-15)13(3)17-4/h8-11,13,17H,5-7,12H2,1-4H3,(H,18,20). The third-order valence-corrected chi connectivity index (χ3v) is 3.55. The fourth-order valence-corrected chi connectivity index (χ4v) is 1.98. The third kappa shape index (κ3) is 4.85. The number of rotatable bonds is 7. The minimum absolute atomic E-state index is 0.0182. The Morgan fingerprint density at radius 1 is 1.25 bits per heavy atom. The Kier molecular flexibility index (Phi) is 7.09. The summed E-state index contributed by atoms with van der Waals surface area (Å²) in [5.74, 6) is 0. The number of unbranched alkanes of at least 4 members (excludes halogenated alkanes) is 1. The van der Waals surface area contributed by atoms with E-state index in [1.807, 2.05) is 43.1 Å². The maximum Gasteiger partial charge on any atom is 0.321 e. The number of hydrogen-bond donors (Lipinski definition) is 2. The molecule has 0 saturated heterocycles. The Morgan fingerprint density at radius 2 is 1.90 bits per heavy atom. The number of anilines is 1. The molecule has 0 aliphatic carbocycles. The number of benzene rings is 1. The van der Waals surface area contributed by atoms with E-state index in [2.05, 4.69) is 24.5 Å². The molecule has 2 N–H and O–H groups in total. The number of carbonyl (C=O) groups is 1. The normalized spacial score (nSPS) is 12.0. The highest BCUT2D eigenvalue weighted by atomic mass is 16.2. The molecule has 0 aliphatic heterocycles. The van der Waals surface area contributed by atoms with Crippen molar-refractivity contribution in [2.75, 3.05) is 25.5 Å². The molecule has 1 aromatic rings. The number of nitrogens with one attached hydrogen (secondary N) is 2. The van der Waals surface area contributed by atoms with E-state index < -0.39 is 0 Å². The van der Waals surface area contributed by atoms with Gasteiger partial charge < -0.3 is 15.5 Å². The van der Waals surface area contributed by atoms with Crippen LogP contribution in [0.4, 0.5) is 10.5 Å². The summed E-state index contributed by atoms with van der Waals surface area (Å²) in [6.45, 7) is 7.80. The van der Waals surface area contributed by atoms with Crippen molar-refractivity contribution in [2.24, 2.45) is 0 Å². The second-order valence-corrected chi connectivity index (χ2v) is 5.00. The lowest BCUT2D eigenvalue weighted by molar-refractivity contribution is 0.213. The van der Waals surface area contributed by atoms with Gasteiger partial charge in [-0.05, 0) is 45.0 Å². The number of urea groups is 1. The summed E-state index contributed by atoms with van der Waals surface area (Å²) >= 11 is 0. The summed E-state index contributed by atoms with van der Waals surface area (Å²) in [4.78, 5) is 14.0. The number of nitrogens with zero attached hydrogens (tertiary/aromatic N) is 1. The Morgan fingerprint density at radius 3 is 2.40 bits per heavy atom. The summed E-state index contributed by atoms with van der Waals surface area (Å²) in [7, 11) is 1.94. The minimum atomic E-state index is -0.0182. The summed E-state index contributed by atoms with van der Waals surface area (Å²) in [6, 6.07) is 8.29. The molecule has 0 radical (unpaired) electrons. The smallest absolute Gasteiger partial charge is 0.321 e. The van der Waals surface area contributed by atoms with Crippen LogP contribution in [0.1, 0.15) is 45.2 Å². The molecular weight excluding hydrogens is 250 g/mol. The van der Waals surface area contributed by atoms with Gasteiger partial charge in [-0.25, -0.2) is 4.79 Å². The van der Waals surface area contributed by atoms with Gasteiger partial charge in [0.05, 0.1) is 0 Å². The van der Waals surface area contributed by atoms with E-state index >= 15 is 0 Å². The van der Waals surface area contributed by atoms with Crippen LogP contribution in [0.25, 0.3) is 0 Å². The van der Waals surface area contributed by atoms with Crippen LogP contribution >= 0.6 is 0 Å². The summed E-state index contributed by atoms with van der Waals surface area (Å²) < 4.78 is 0. The molecule has 0 aliphatic rings. The van der Waals surface area contributed by atoms with Crippen molar-refractivity contribution < 1.29 is 4.79 Å². The first-order valence-electron chi connectivity index (χ1n) is 7.45. The molecule has 0 saturated carbocycles. The summed E-state index contributed by atoms with van der Waals surface area (Å²) in [6.07, 6.45) is 2.14. The van der Waals surface area contributed by atoms with E-state index in [1.165, 1.54) is 5.56 Å². The predicted molar refractivity (Wildman–Crippen MR) is 85.1 cm³/mol. The average molecular weight is 277 g/mol. The largest absolute Gasteiger partial charge is 0.325 e. The number of amides is 2. The van der Waals surface area contributed by atoms with Gasteiger partial charge in [0.2, 0.25) is 0 Å². The van der Waals surface area contributed by atoms with Gasteiger partial charge in [-0.1, -0.05) is 25.5 Å². The van der Waals surface area contributed by atoms with Gasteiger partial charge in [-0.15, -0.1) is 0 Å². The lowest BCUT2D eigenvalue weighted by atomic mass is 10.1. The highest BCUT2D eigenvalue weighted by Gasteiger charge is 2.11. The number of hydrogen-bond acceptors (Lipinski definition) is 2. The monoisotopic (exact) mass is 277 g/mol. The molecule has 20 heavy (non-hydrogen) atoms. The first-order chi connectivity index (χ1) is 9.62. The molecule has 4 heteroatoms. The van der Waals surface area contributed by atoms with Crippen molar-refractivity contribution >= 4 is 11.7 Å². The lowest BCUT2D eigenvalue weighted by Gasteiger charge is -2.21. The van der Waals surface area contributed by atoms with Crippen LogP contribution in [0, 0.1) is 0 Å². The van der Waals surface area contributed by atoms with Crippen LogP contribution in [0.2, 0.25) is 0 Å². The highest BCUT2D eigenvalue weighted by Crippen LogP contribution is 2.16. The van der Waals surface area contributed by atoms with Gasteiger partial charge in [0, 0.05) is 24.8 Å². The zero-order valence-electron chi connectivity index (χ0n) is 13.1. The zero-order valence-corrected chi connectivity index (χ0v) is 13.1. The predicted octanol–water partition coefficient (Wildman–Crippen LogP) is 3.62. The van der Waals surface area contributed by atoms with E-state index in [1.54, 1.807) is 0 Å². The van der Waals surface area contributed by atoms with Crippen molar-refractivity contribution in [3.8, 4) is 0 Å². The van der Waals surface area contributed by atoms with E-state index in [-0.39, 0.29) is 6.03 Å². The summed E-state index contributed by atoms with van der Waals surface area (Å²) in [5, 5.41) is 6.15. The second-order valence-electron chi connectivity index (χ2n) is 5.00. The topological polar surface area (TPSA) is 44.4 Å². The van der Waals surface area contributed by atoms with Crippen LogP contribution in [0.3, 0.4) is 0 Å². The fourth-order valence-electron chi connectivity index (χ4n) is 1.98. The van der Waals surface area contributed by atoms with Crippen molar-refractivity contribution in [3.63, 3.8) is 0 Å². The molecule has 0 fully saturated rings. The van der Waals surface area contributed by atoms with Crippen LogP contribution in [-0.2, 0) is 0 Å². The Bertz CT molecular complexity index is 403. The van der Waals surface area contributed by atoms with Gasteiger partial charge in [0.25, 0.3) is 0 Å². The average Bonchev–Trinajstić information content (AvgIpc) is 2.48. The molecule has 0 aromatic heterocycles. The fraction of sp³-hybridized carbons (Fsp3) is 0.562. The van der Waals surface area contributed by atoms with Crippen molar-refractivity contribution in [1.29, 1.82) is 0 Å². The van der Waals surface area contributed by atoms with E-state index in [9.17, 15) is 4.79 Å². The van der Waals surface area contributed by atoms with E-state index in [4.69, 9.17) is 0 Å². The molecule has 2 amide bonds. The third-order valence-electron chi connectivity index (χ3n) is 3.55. The molecular formula is C16H27N3O. The molecule has 112 valence electrons. The Labute approximate surface area is 122 Å². The maximum absolute atomic E-state index is 12.1. The minimum Gasteiger partial charge on any atom is -0.325 e. The van der Waals surface area contributed by atoms with Crippen molar-refractivity contribution in [3.05, 3.63) is 29.8 Å². The van der Waals surface area contributed by atoms with E-state index in [0.717, 1.165) is 31.6 Å². The molecule has 1 atom stereocenters. The van der Waals surface area contributed by atoms with Gasteiger partial charge in [0.1, 0.15) is 0 Å². The van der Waals surface area contributed by atoms with Gasteiger partial charge in [0.15, 0.2) is 0 Å². The van der Waals surface area contributed by atoms with Crippen LogP contribution in [-0.4, -0.2) is 31.1 Å². The second kappa shape index (κ2) is 8.59. The van der Waals surface area contributed by atoms with E-state index in [0.29, 0.717) is 6.04 Å². The maximum atomic E-state index is 12.1. The van der Waals surface area contributed by atoms with Crippen LogP contribution in [0.15, 0.2) is 24.3 Å². The van der Waals surface area contributed by atoms with Crippen molar-refractivity contribution in [1.82, 2.24) is 10.2 Å². The quantitative estimate of drug-likeness (QED) is 0.799. The molecule has 0 heterocycles. The van der Waals surface area contributed by atoms with Crippen molar-refractivity contribution in [2.45, 2.75) is 39.7 Å². The Hall–Kier alpha value is -1.55. The van der Waals surface area contributed by atoms with Gasteiger partial charge >= 0.3 is 6.03 Å². The molecule has 1 aromatic carbocycles. The molecule has 1 unspecified atom stereocenters. The molecule has 0 spiro atoms. The molecule has 4 nitrogen and oxygen atoms in total.